The predicted molar refractivity (Wildman–Crippen MR) is 119 cm³/mol. The molecule has 3 aliphatic heterocycles. The van der Waals surface area contributed by atoms with E-state index in [1.807, 2.05) is 13.8 Å². The van der Waals surface area contributed by atoms with Crippen molar-refractivity contribution in [1.82, 2.24) is 20.0 Å². The molecule has 0 bridgehead atoms. The van der Waals surface area contributed by atoms with Crippen LogP contribution in [0.25, 0.3) is 0 Å². The molecule has 10 heteroatoms. The number of carbonyl (C=O) groups excluding carboxylic acids is 5. The van der Waals surface area contributed by atoms with Gasteiger partial charge in [-0.15, -0.1) is 0 Å². The molecule has 4 amide bonds. The lowest BCUT2D eigenvalue weighted by molar-refractivity contribution is -0.153. The summed E-state index contributed by atoms with van der Waals surface area (Å²) in [4.78, 5) is 66.7. The van der Waals surface area contributed by atoms with Gasteiger partial charge >= 0.3 is 5.97 Å². The fourth-order valence-electron chi connectivity index (χ4n) is 5.01. The summed E-state index contributed by atoms with van der Waals surface area (Å²) in [5.41, 5.74) is 0. The Morgan fingerprint density at radius 1 is 0.909 bits per heavy atom. The minimum atomic E-state index is -0.582. The largest absolute Gasteiger partial charge is 0.464 e. The Morgan fingerprint density at radius 2 is 1.58 bits per heavy atom. The highest BCUT2D eigenvalue weighted by Crippen LogP contribution is 2.25. The first-order chi connectivity index (χ1) is 15.8. The second kappa shape index (κ2) is 11.5. The van der Waals surface area contributed by atoms with Crippen molar-refractivity contribution in [2.45, 2.75) is 89.4 Å². The zero-order chi connectivity index (χ0) is 24.0. The Balaban J connectivity index is 1.55. The summed E-state index contributed by atoms with van der Waals surface area (Å²) in [6.45, 7) is 5.22. The first-order valence-electron chi connectivity index (χ1n) is 12.1. The lowest BCUT2D eigenvalue weighted by Crippen LogP contribution is -2.57. The summed E-state index contributed by atoms with van der Waals surface area (Å²) in [6, 6.07) is -1.67. The average Bonchev–Trinajstić information content (AvgIpc) is 3.47. The number of piperidine rings is 1. The first-order valence-corrected chi connectivity index (χ1v) is 12.1. The van der Waals surface area contributed by atoms with Crippen LogP contribution < -0.4 is 5.32 Å². The minimum Gasteiger partial charge on any atom is -0.464 e. The van der Waals surface area contributed by atoms with Gasteiger partial charge in [0.15, 0.2) is 0 Å². The topological polar surface area (TPSA) is 116 Å². The molecular formula is C23H36N4O6. The number of esters is 1. The van der Waals surface area contributed by atoms with Gasteiger partial charge in [-0.25, -0.2) is 4.79 Å². The summed E-state index contributed by atoms with van der Waals surface area (Å²) in [5, 5.41) is 2.90. The maximum absolute atomic E-state index is 13.4. The number of rotatable bonds is 8. The van der Waals surface area contributed by atoms with E-state index in [0.29, 0.717) is 45.3 Å². The van der Waals surface area contributed by atoms with Gasteiger partial charge < -0.3 is 24.8 Å². The Bertz CT molecular complexity index is 757. The van der Waals surface area contributed by atoms with E-state index >= 15 is 0 Å². The van der Waals surface area contributed by atoms with Crippen LogP contribution in [0.1, 0.15) is 65.2 Å². The third-order valence-electron chi connectivity index (χ3n) is 6.64. The molecular weight excluding hydrogens is 428 g/mol. The molecule has 1 N–H and O–H groups in total. The van der Waals surface area contributed by atoms with Crippen LogP contribution in [0.15, 0.2) is 0 Å². The van der Waals surface area contributed by atoms with E-state index in [1.54, 1.807) is 9.80 Å². The second-order valence-electron chi connectivity index (χ2n) is 9.37. The minimum absolute atomic E-state index is 0.00788. The Labute approximate surface area is 195 Å². The standard InChI is InChI=1S/C23H36N4O6/c1-16(2)24-21(30)17-7-3-4-12-27(17)22(31)18-8-6-13-26(18)20(29)10-14-33-23(32)19-9-5-11-25(19)15-28/h15-19H,3-14H2,1-2H3,(H,24,30). The monoisotopic (exact) mass is 464 g/mol. The fraction of sp³-hybridized carbons (Fsp3) is 0.783. The van der Waals surface area contributed by atoms with Crippen LogP contribution in [0.5, 0.6) is 0 Å². The van der Waals surface area contributed by atoms with Gasteiger partial charge in [0.25, 0.3) is 0 Å². The molecule has 3 saturated heterocycles. The van der Waals surface area contributed by atoms with E-state index in [4.69, 9.17) is 4.74 Å². The quantitative estimate of drug-likeness (QED) is 0.412. The predicted octanol–water partition coefficient (Wildman–Crippen LogP) is 0.437. The van der Waals surface area contributed by atoms with Crippen LogP contribution >= 0.6 is 0 Å². The number of ether oxygens (including phenoxy) is 1. The lowest BCUT2D eigenvalue weighted by Gasteiger charge is -2.38. The molecule has 10 nitrogen and oxygen atoms in total. The summed E-state index contributed by atoms with van der Waals surface area (Å²) in [7, 11) is 0. The lowest BCUT2D eigenvalue weighted by atomic mass is 9.99. The summed E-state index contributed by atoms with van der Waals surface area (Å²) >= 11 is 0. The number of nitrogens with zero attached hydrogens (tertiary/aromatic N) is 3. The number of carbonyl (C=O) groups is 5. The molecule has 0 saturated carbocycles. The van der Waals surface area contributed by atoms with E-state index in [9.17, 15) is 24.0 Å². The maximum Gasteiger partial charge on any atom is 0.328 e. The van der Waals surface area contributed by atoms with Crippen molar-refractivity contribution in [3.63, 3.8) is 0 Å². The van der Waals surface area contributed by atoms with Crippen LogP contribution in [0.4, 0.5) is 0 Å². The van der Waals surface area contributed by atoms with E-state index in [0.717, 1.165) is 25.7 Å². The molecule has 0 aromatic carbocycles. The maximum atomic E-state index is 13.4. The first kappa shape index (κ1) is 25.0. The zero-order valence-electron chi connectivity index (χ0n) is 19.7. The van der Waals surface area contributed by atoms with E-state index < -0.39 is 24.1 Å². The third-order valence-corrected chi connectivity index (χ3v) is 6.64. The van der Waals surface area contributed by atoms with Crippen LogP contribution in [-0.4, -0.2) is 95.2 Å². The van der Waals surface area contributed by atoms with Crippen LogP contribution in [0.2, 0.25) is 0 Å². The number of hydrogen-bond acceptors (Lipinski definition) is 6. The summed E-state index contributed by atoms with van der Waals surface area (Å²) < 4.78 is 5.25. The molecule has 3 rings (SSSR count). The number of nitrogens with one attached hydrogen (secondary N) is 1. The molecule has 3 atom stereocenters. The zero-order valence-corrected chi connectivity index (χ0v) is 19.7. The van der Waals surface area contributed by atoms with Crippen LogP contribution in [0, 0.1) is 0 Å². The van der Waals surface area contributed by atoms with Crippen molar-refractivity contribution < 1.29 is 28.7 Å². The van der Waals surface area contributed by atoms with Crippen molar-refractivity contribution in [2.24, 2.45) is 0 Å². The molecule has 0 aromatic rings. The molecule has 3 aliphatic rings. The van der Waals surface area contributed by atoms with E-state index in [2.05, 4.69) is 5.32 Å². The van der Waals surface area contributed by atoms with Gasteiger partial charge in [0, 0.05) is 25.7 Å². The molecule has 33 heavy (non-hydrogen) atoms. The van der Waals surface area contributed by atoms with Crippen molar-refractivity contribution in [1.29, 1.82) is 0 Å². The molecule has 0 aliphatic carbocycles. The van der Waals surface area contributed by atoms with Crippen molar-refractivity contribution >= 4 is 30.1 Å². The van der Waals surface area contributed by atoms with Crippen LogP contribution in [-0.2, 0) is 28.7 Å². The number of hydrogen-bond donors (Lipinski definition) is 1. The second-order valence-corrected chi connectivity index (χ2v) is 9.37. The summed E-state index contributed by atoms with van der Waals surface area (Å²) in [5.74, 6) is -1.04. The highest BCUT2D eigenvalue weighted by molar-refractivity contribution is 5.92. The Hall–Kier alpha value is -2.65. The molecule has 0 aromatic heterocycles. The smallest absolute Gasteiger partial charge is 0.328 e. The van der Waals surface area contributed by atoms with Gasteiger partial charge in [0.2, 0.25) is 24.1 Å². The Morgan fingerprint density at radius 3 is 2.30 bits per heavy atom. The van der Waals surface area contributed by atoms with E-state index in [-0.39, 0.29) is 36.8 Å². The van der Waals surface area contributed by atoms with Gasteiger partial charge in [-0.1, -0.05) is 0 Å². The van der Waals surface area contributed by atoms with Crippen molar-refractivity contribution in [3.8, 4) is 0 Å². The van der Waals surface area contributed by atoms with Crippen LogP contribution in [0.3, 0.4) is 0 Å². The molecule has 3 fully saturated rings. The molecule has 184 valence electrons. The number of amides is 4. The van der Waals surface area contributed by atoms with Gasteiger partial charge in [-0.05, 0) is 58.8 Å². The SMILES string of the molecule is CC(C)NC(=O)C1CCCCN1C(=O)C1CCCN1C(=O)CCOC(=O)C1CCCN1C=O. The van der Waals surface area contributed by atoms with Gasteiger partial charge in [-0.2, -0.15) is 0 Å². The van der Waals surface area contributed by atoms with Gasteiger partial charge in [-0.3, -0.25) is 19.2 Å². The van der Waals surface area contributed by atoms with Crippen molar-refractivity contribution in [3.05, 3.63) is 0 Å². The molecule has 3 heterocycles. The summed E-state index contributed by atoms with van der Waals surface area (Å²) in [6.07, 6.45) is 5.59. The number of likely N-dealkylation sites (tertiary alicyclic amines) is 3. The molecule has 3 unspecified atom stereocenters. The normalized spacial score (nSPS) is 25.3. The average molecular weight is 465 g/mol. The third kappa shape index (κ3) is 6.03. The van der Waals surface area contributed by atoms with Gasteiger partial charge in [0.05, 0.1) is 6.42 Å². The fourth-order valence-corrected chi connectivity index (χ4v) is 5.01. The highest BCUT2D eigenvalue weighted by atomic mass is 16.5. The van der Waals surface area contributed by atoms with E-state index in [1.165, 1.54) is 4.90 Å². The van der Waals surface area contributed by atoms with Crippen molar-refractivity contribution in [2.75, 3.05) is 26.2 Å². The highest BCUT2D eigenvalue weighted by Gasteiger charge is 2.41. The molecule has 0 radical (unpaired) electrons. The Kier molecular flexibility index (Phi) is 8.68. The molecule has 0 spiro atoms. The van der Waals surface area contributed by atoms with Gasteiger partial charge in [0.1, 0.15) is 24.7 Å².